The molecule has 1 aromatic heterocycles. The van der Waals surface area contributed by atoms with Crippen LogP contribution in [0, 0.1) is 0 Å². The van der Waals surface area contributed by atoms with Gasteiger partial charge in [0.2, 0.25) is 11.9 Å². The van der Waals surface area contributed by atoms with Gasteiger partial charge in [-0.15, -0.1) is 0 Å². The summed E-state index contributed by atoms with van der Waals surface area (Å²) in [7, 11) is 1.65. The number of carbonyl (C=O) groups is 1. The maximum absolute atomic E-state index is 12.5. The third-order valence-corrected chi connectivity index (χ3v) is 6.78. The van der Waals surface area contributed by atoms with Gasteiger partial charge in [-0.1, -0.05) is 12.1 Å². The Hall–Kier alpha value is -3.80. The van der Waals surface area contributed by atoms with Crippen molar-refractivity contribution in [2.45, 2.75) is 32.5 Å². The molecule has 0 radical (unpaired) electrons. The monoisotopic (exact) mass is 533 g/mol. The van der Waals surface area contributed by atoms with E-state index in [-0.39, 0.29) is 18.1 Å². The Kier molecular flexibility index (Phi) is 8.50. The smallest absolute Gasteiger partial charge is 0.323 e. The van der Waals surface area contributed by atoms with Crippen LogP contribution >= 0.6 is 0 Å². The summed E-state index contributed by atoms with van der Waals surface area (Å²) in [5, 5.41) is 5.72. The number of hydrogen-bond acceptors (Lipinski definition) is 9. The number of nitrogens with one attached hydrogen (secondary N) is 2. The first-order chi connectivity index (χ1) is 19.0. The molecule has 2 aromatic carbocycles. The summed E-state index contributed by atoms with van der Waals surface area (Å²) in [6.07, 6.45) is 0. The first-order valence-electron chi connectivity index (χ1n) is 13.2. The van der Waals surface area contributed by atoms with E-state index in [1.54, 1.807) is 7.11 Å². The van der Waals surface area contributed by atoms with Crippen molar-refractivity contribution in [1.29, 1.82) is 0 Å². The number of methoxy groups -OCH3 is 1. The molecule has 2 aliphatic heterocycles. The number of anilines is 4. The summed E-state index contributed by atoms with van der Waals surface area (Å²) in [5.41, 5.74) is 3.23. The summed E-state index contributed by atoms with van der Waals surface area (Å²) in [6.45, 7) is 8.71. The van der Waals surface area contributed by atoms with Gasteiger partial charge in [-0.05, 0) is 55.8 Å². The van der Waals surface area contributed by atoms with Crippen molar-refractivity contribution in [3.63, 3.8) is 0 Å². The van der Waals surface area contributed by atoms with E-state index >= 15 is 0 Å². The molecule has 0 bridgehead atoms. The molecule has 0 aliphatic carbocycles. The molecule has 3 heterocycles. The maximum Gasteiger partial charge on any atom is 0.323 e. The van der Waals surface area contributed by atoms with E-state index in [1.807, 2.05) is 48.5 Å². The summed E-state index contributed by atoms with van der Waals surface area (Å²) in [6, 6.07) is 15.0. The average molecular weight is 534 g/mol. The van der Waals surface area contributed by atoms with Crippen LogP contribution < -0.4 is 20.4 Å². The van der Waals surface area contributed by atoms with Crippen LogP contribution in [-0.2, 0) is 20.8 Å². The summed E-state index contributed by atoms with van der Waals surface area (Å²) in [4.78, 5) is 31.4. The number of carbonyl (C=O) groups excluding carboxylic acids is 1. The number of ether oxygens (including phenoxy) is 3. The van der Waals surface area contributed by atoms with E-state index < -0.39 is 0 Å². The minimum atomic E-state index is -0.324. The number of aromatic nitrogens is 3. The molecule has 3 aromatic rings. The van der Waals surface area contributed by atoms with Gasteiger partial charge in [0.25, 0.3) is 0 Å². The molecule has 2 N–H and O–H groups in total. The van der Waals surface area contributed by atoms with E-state index in [4.69, 9.17) is 29.2 Å². The molecule has 2 amide bonds. The fourth-order valence-electron chi connectivity index (χ4n) is 4.64. The van der Waals surface area contributed by atoms with Gasteiger partial charge < -0.3 is 34.6 Å². The normalized spacial score (nSPS) is 19.6. The second-order valence-electron chi connectivity index (χ2n) is 9.78. The Balaban J connectivity index is 1.34. The molecule has 0 spiro atoms. The zero-order chi connectivity index (χ0) is 27.2. The summed E-state index contributed by atoms with van der Waals surface area (Å²) in [5.74, 6) is 1.87. The molecule has 39 heavy (non-hydrogen) atoms. The molecular weight excluding hydrogens is 498 g/mol. The van der Waals surface area contributed by atoms with Crippen LogP contribution in [0.5, 0.6) is 0 Å². The lowest BCUT2D eigenvalue weighted by molar-refractivity contribution is 0.0969. The molecule has 11 heteroatoms. The number of urea groups is 1. The van der Waals surface area contributed by atoms with Crippen molar-refractivity contribution in [2.75, 3.05) is 67.1 Å². The fraction of sp³-hybridized carbons (Fsp3) is 0.429. The Morgan fingerprint density at radius 1 is 0.846 bits per heavy atom. The van der Waals surface area contributed by atoms with Crippen LogP contribution in [0.3, 0.4) is 0 Å². The molecule has 11 nitrogen and oxygen atoms in total. The van der Waals surface area contributed by atoms with Gasteiger partial charge >= 0.3 is 6.03 Å². The highest BCUT2D eigenvalue weighted by Gasteiger charge is 2.27. The second-order valence-corrected chi connectivity index (χ2v) is 9.78. The molecule has 2 fully saturated rings. The molecular formula is C28H35N7O4. The van der Waals surface area contributed by atoms with Gasteiger partial charge in [0, 0.05) is 37.1 Å². The molecule has 5 rings (SSSR count). The molecule has 2 atom stereocenters. The highest BCUT2D eigenvalue weighted by atomic mass is 16.5. The lowest BCUT2D eigenvalue weighted by Crippen LogP contribution is -2.46. The van der Waals surface area contributed by atoms with Crippen molar-refractivity contribution in [3.8, 4) is 11.4 Å². The third kappa shape index (κ3) is 6.62. The molecule has 0 saturated carbocycles. The largest absolute Gasteiger partial charge is 0.380 e. The number of morpholine rings is 2. The van der Waals surface area contributed by atoms with Crippen LogP contribution in [0.25, 0.3) is 11.4 Å². The Bertz CT molecular complexity index is 1220. The minimum Gasteiger partial charge on any atom is -0.380 e. The molecule has 2 unspecified atom stereocenters. The predicted molar refractivity (Wildman–Crippen MR) is 150 cm³/mol. The van der Waals surface area contributed by atoms with E-state index in [1.165, 1.54) is 0 Å². The molecule has 206 valence electrons. The highest BCUT2D eigenvalue weighted by Crippen LogP contribution is 2.26. The van der Waals surface area contributed by atoms with Crippen LogP contribution in [0.1, 0.15) is 19.4 Å². The summed E-state index contributed by atoms with van der Waals surface area (Å²) >= 11 is 0. The standard InChI is InChI=1S/C28H35N7O4/c1-19-16-38-14-12-34(19)26-31-25(32-27(33-26)35-13-15-39-17-20(35)2)22-6-10-24(11-7-22)30-28(36)29-23-8-4-21(5-9-23)18-37-3/h4-11,19-20H,12-18H2,1-3H3,(H2,29,30,36). The fourth-order valence-corrected chi connectivity index (χ4v) is 4.64. The van der Waals surface area contributed by atoms with E-state index in [0.29, 0.717) is 62.1 Å². The van der Waals surface area contributed by atoms with Gasteiger partial charge in [-0.2, -0.15) is 15.0 Å². The zero-order valence-corrected chi connectivity index (χ0v) is 22.6. The van der Waals surface area contributed by atoms with E-state index in [0.717, 1.165) is 24.2 Å². The van der Waals surface area contributed by atoms with Gasteiger partial charge in [0.05, 0.1) is 45.1 Å². The van der Waals surface area contributed by atoms with Gasteiger partial charge in [0.15, 0.2) is 5.82 Å². The van der Waals surface area contributed by atoms with Crippen LogP contribution in [0.4, 0.5) is 28.1 Å². The quantitative estimate of drug-likeness (QED) is 0.468. The lowest BCUT2D eigenvalue weighted by Gasteiger charge is -2.36. The minimum absolute atomic E-state index is 0.158. The molecule has 2 saturated heterocycles. The first-order valence-corrected chi connectivity index (χ1v) is 13.2. The SMILES string of the molecule is COCc1ccc(NC(=O)Nc2ccc(-c3nc(N4CCOCC4C)nc(N4CCOCC4C)n3)cc2)cc1. The Labute approximate surface area is 228 Å². The average Bonchev–Trinajstić information content (AvgIpc) is 2.95. The zero-order valence-electron chi connectivity index (χ0n) is 22.6. The van der Waals surface area contributed by atoms with E-state index in [9.17, 15) is 4.79 Å². The second kappa shape index (κ2) is 12.4. The third-order valence-electron chi connectivity index (χ3n) is 6.78. The number of rotatable bonds is 7. The number of amides is 2. The van der Waals surface area contributed by atoms with Crippen molar-refractivity contribution < 1.29 is 19.0 Å². The maximum atomic E-state index is 12.5. The van der Waals surface area contributed by atoms with E-state index in [2.05, 4.69) is 34.3 Å². The number of benzene rings is 2. The van der Waals surface area contributed by atoms with Crippen molar-refractivity contribution in [3.05, 3.63) is 54.1 Å². The Morgan fingerprint density at radius 2 is 1.36 bits per heavy atom. The summed E-state index contributed by atoms with van der Waals surface area (Å²) < 4.78 is 16.4. The van der Waals surface area contributed by atoms with Gasteiger partial charge in [0.1, 0.15) is 0 Å². The van der Waals surface area contributed by atoms with Crippen molar-refractivity contribution in [1.82, 2.24) is 15.0 Å². The van der Waals surface area contributed by atoms with Crippen LogP contribution in [-0.4, -0.2) is 79.7 Å². The van der Waals surface area contributed by atoms with Gasteiger partial charge in [-0.3, -0.25) is 0 Å². The molecule has 2 aliphatic rings. The predicted octanol–water partition coefficient (Wildman–Crippen LogP) is 3.78. The Morgan fingerprint density at radius 3 is 1.85 bits per heavy atom. The van der Waals surface area contributed by atoms with Crippen LogP contribution in [0.2, 0.25) is 0 Å². The van der Waals surface area contributed by atoms with Crippen molar-refractivity contribution >= 4 is 29.3 Å². The van der Waals surface area contributed by atoms with Crippen molar-refractivity contribution in [2.24, 2.45) is 0 Å². The lowest BCUT2D eigenvalue weighted by atomic mass is 10.2. The number of hydrogen-bond donors (Lipinski definition) is 2. The highest BCUT2D eigenvalue weighted by molar-refractivity contribution is 5.99. The van der Waals surface area contributed by atoms with Crippen LogP contribution in [0.15, 0.2) is 48.5 Å². The van der Waals surface area contributed by atoms with Gasteiger partial charge in [-0.25, -0.2) is 4.79 Å². The first kappa shape index (κ1) is 26.8. The number of nitrogens with zero attached hydrogens (tertiary/aromatic N) is 5. The topological polar surface area (TPSA) is 114 Å².